The molecule has 0 aliphatic carbocycles. The molecule has 3 nitrogen and oxygen atoms in total. The van der Waals surface area contributed by atoms with E-state index >= 15 is 0 Å². The van der Waals surface area contributed by atoms with Crippen molar-refractivity contribution in [2.24, 2.45) is 5.73 Å². The fourth-order valence-electron chi connectivity index (χ4n) is 2.22. The third-order valence-electron chi connectivity index (χ3n) is 2.98. The lowest BCUT2D eigenvalue weighted by Crippen LogP contribution is -2.47. The van der Waals surface area contributed by atoms with Crippen molar-refractivity contribution in [2.75, 3.05) is 20.1 Å². The Morgan fingerprint density at radius 2 is 2.00 bits per heavy atom. The summed E-state index contributed by atoms with van der Waals surface area (Å²) < 4.78 is 0. The van der Waals surface area contributed by atoms with Crippen molar-refractivity contribution < 1.29 is 0 Å². The number of nitrogens with zero attached hydrogens (tertiary/aromatic N) is 2. The van der Waals surface area contributed by atoms with E-state index < -0.39 is 0 Å². The fraction of sp³-hybridized carbons (Fsp3) is 0.643. The molecule has 3 heteroatoms. The minimum Gasteiger partial charge on any atom is -0.324 e. The minimum atomic E-state index is -0.0677. The van der Waals surface area contributed by atoms with Gasteiger partial charge < -0.3 is 10.6 Å². The first-order valence-corrected chi connectivity index (χ1v) is 6.40. The van der Waals surface area contributed by atoms with Gasteiger partial charge in [0, 0.05) is 31.0 Å². The number of pyridine rings is 1. The van der Waals surface area contributed by atoms with Crippen molar-refractivity contribution in [2.45, 2.75) is 38.6 Å². The summed E-state index contributed by atoms with van der Waals surface area (Å²) in [5.41, 5.74) is 7.51. The van der Waals surface area contributed by atoms with Crippen molar-refractivity contribution in [3.8, 4) is 0 Å². The number of rotatable bonds is 7. The average molecular weight is 235 g/mol. The second-order valence-corrected chi connectivity index (χ2v) is 5.25. The van der Waals surface area contributed by atoms with Crippen LogP contribution in [0.4, 0.5) is 0 Å². The van der Waals surface area contributed by atoms with Gasteiger partial charge in [-0.1, -0.05) is 13.3 Å². The molecule has 1 aromatic heterocycles. The van der Waals surface area contributed by atoms with Gasteiger partial charge in [-0.3, -0.25) is 4.98 Å². The predicted molar refractivity (Wildman–Crippen MR) is 72.9 cm³/mol. The lowest BCUT2D eigenvalue weighted by atomic mass is 9.97. The molecular weight excluding hydrogens is 210 g/mol. The first-order valence-electron chi connectivity index (χ1n) is 6.40. The molecule has 0 aliphatic rings. The molecule has 1 unspecified atom stereocenters. The van der Waals surface area contributed by atoms with Gasteiger partial charge >= 0.3 is 0 Å². The SMILES string of the molecule is CCCC(C)(N)CN(C)CCc1ccncc1. The van der Waals surface area contributed by atoms with E-state index in [2.05, 4.69) is 42.9 Å². The maximum Gasteiger partial charge on any atom is 0.0270 e. The largest absolute Gasteiger partial charge is 0.324 e. The maximum absolute atomic E-state index is 6.25. The zero-order valence-corrected chi connectivity index (χ0v) is 11.3. The van der Waals surface area contributed by atoms with Crippen molar-refractivity contribution in [1.82, 2.24) is 9.88 Å². The van der Waals surface area contributed by atoms with Crippen LogP contribution in [0.3, 0.4) is 0 Å². The standard InChI is InChI=1S/C14H25N3/c1-4-8-14(2,15)12-17(3)11-7-13-5-9-16-10-6-13/h5-6,9-10H,4,7-8,11-12,15H2,1-3H3. The van der Waals surface area contributed by atoms with Crippen LogP contribution in [0.15, 0.2) is 24.5 Å². The van der Waals surface area contributed by atoms with Gasteiger partial charge in [-0.25, -0.2) is 0 Å². The summed E-state index contributed by atoms with van der Waals surface area (Å²) in [6, 6.07) is 4.14. The molecule has 1 atom stereocenters. The van der Waals surface area contributed by atoms with E-state index in [1.165, 1.54) is 5.56 Å². The van der Waals surface area contributed by atoms with E-state index in [0.717, 1.165) is 32.4 Å². The zero-order valence-electron chi connectivity index (χ0n) is 11.3. The number of aromatic nitrogens is 1. The quantitative estimate of drug-likeness (QED) is 0.786. The lowest BCUT2D eigenvalue weighted by Gasteiger charge is -2.30. The number of likely N-dealkylation sites (N-methyl/N-ethyl adjacent to an activating group) is 1. The molecule has 0 saturated carbocycles. The highest BCUT2D eigenvalue weighted by atomic mass is 15.1. The van der Waals surface area contributed by atoms with Gasteiger partial charge in [0.05, 0.1) is 0 Å². The molecule has 1 aromatic rings. The Labute approximate surface area is 105 Å². The third-order valence-corrected chi connectivity index (χ3v) is 2.98. The Hall–Kier alpha value is -0.930. The minimum absolute atomic E-state index is 0.0677. The molecule has 96 valence electrons. The monoisotopic (exact) mass is 235 g/mol. The summed E-state index contributed by atoms with van der Waals surface area (Å²) in [5.74, 6) is 0. The van der Waals surface area contributed by atoms with Crippen molar-refractivity contribution >= 4 is 0 Å². The van der Waals surface area contributed by atoms with Crippen molar-refractivity contribution in [3.63, 3.8) is 0 Å². The molecule has 17 heavy (non-hydrogen) atoms. The predicted octanol–water partition coefficient (Wildman–Crippen LogP) is 2.07. The molecule has 0 radical (unpaired) electrons. The van der Waals surface area contributed by atoms with Gasteiger partial charge in [0.2, 0.25) is 0 Å². The molecule has 0 fully saturated rings. The summed E-state index contributed by atoms with van der Waals surface area (Å²) in [5, 5.41) is 0. The van der Waals surface area contributed by atoms with Crippen molar-refractivity contribution in [3.05, 3.63) is 30.1 Å². The molecule has 1 heterocycles. The number of hydrogen-bond acceptors (Lipinski definition) is 3. The Morgan fingerprint density at radius 1 is 1.35 bits per heavy atom. The molecular formula is C14H25N3. The Kier molecular flexibility index (Phi) is 5.59. The van der Waals surface area contributed by atoms with Crippen LogP contribution in [0.2, 0.25) is 0 Å². The van der Waals surface area contributed by atoms with Gasteiger partial charge in [0.15, 0.2) is 0 Å². The fourth-order valence-corrected chi connectivity index (χ4v) is 2.22. The second-order valence-electron chi connectivity index (χ2n) is 5.25. The van der Waals surface area contributed by atoms with E-state index in [4.69, 9.17) is 5.73 Å². The Morgan fingerprint density at radius 3 is 2.59 bits per heavy atom. The summed E-state index contributed by atoms with van der Waals surface area (Å²) in [7, 11) is 2.14. The molecule has 0 amide bonds. The van der Waals surface area contributed by atoms with Crippen LogP contribution in [0.5, 0.6) is 0 Å². The number of hydrogen-bond donors (Lipinski definition) is 1. The molecule has 0 aromatic carbocycles. The highest BCUT2D eigenvalue weighted by Gasteiger charge is 2.19. The summed E-state index contributed by atoms with van der Waals surface area (Å²) in [6.45, 7) is 6.31. The van der Waals surface area contributed by atoms with Crippen LogP contribution in [0, 0.1) is 0 Å². The summed E-state index contributed by atoms with van der Waals surface area (Å²) in [4.78, 5) is 6.34. The van der Waals surface area contributed by atoms with Crippen LogP contribution in [-0.2, 0) is 6.42 Å². The summed E-state index contributed by atoms with van der Waals surface area (Å²) >= 11 is 0. The van der Waals surface area contributed by atoms with Crippen LogP contribution in [0.25, 0.3) is 0 Å². The van der Waals surface area contributed by atoms with Crippen LogP contribution >= 0.6 is 0 Å². The molecule has 0 aliphatic heterocycles. The van der Waals surface area contributed by atoms with E-state index in [1.807, 2.05) is 12.4 Å². The molecule has 0 bridgehead atoms. The topological polar surface area (TPSA) is 42.1 Å². The van der Waals surface area contributed by atoms with E-state index in [0.29, 0.717) is 0 Å². The van der Waals surface area contributed by atoms with E-state index in [1.54, 1.807) is 0 Å². The summed E-state index contributed by atoms with van der Waals surface area (Å²) in [6.07, 6.45) is 6.97. The first-order chi connectivity index (χ1) is 8.03. The zero-order chi connectivity index (χ0) is 12.7. The van der Waals surface area contributed by atoms with Crippen molar-refractivity contribution in [1.29, 1.82) is 0 Å². The van der Waals surface area contributed by atoms with Crippen LogP contribution in [-0.4, -0.2) is 35.6 Å². The lowest BCUT2D eigenvalue weighted by molar-refractivity contribution is 0.249. The number of nitrogens with two attached hydrogens (primary N) is 1. The Bertz CT molecular complexity index is 309. The highest BCUT2D eigenvalue weighted by molar-refractivity contribution is 5.09. The molecule has 0 spiro atoms. The van der Waals surface area contributed by atoms with Gasteiger partial charge in [-0.2, -0.15) is 0 Å². The smallest absolute Gasteiger partial charge is 0.0270 e. The van der Waals surface area contributed by atoms with E-state index in [9.17, 15) is 0 Å². The van der Waals surface area contributed by atoms with Gasteiger partial charge in [-0.15, -0.1) is 0 Å². The van der Waals surface area contributed by atoms with Crippen LogP contribution < -0.4 is 5.73 Å². The normalized spacial score (nSPS) is 14.9. The molecule has 2 N–H and O–H groups in total. The van der Waals surface area contributed by atoms with Gasteiger partial charge in [0.1, 0.15) is 0 Å². The Balaban J connectivity index is 2.33. The molecule has 0 saturated heterocycles. The maximum atomic E-state index is 6.25. The van der Waals surface area contributed by atoms with Gasteiger partial charge in [0.25, 0.3) is 0 Å². The first kappa shape index (κ1) is 14.1. The highest BCUT2D eigenvalue weighted by Crippen LogP contribution is 2.10. The average Bonchev–Trinajstić information content (AvgIpc) is 2.27. The van der Waals surface area contributed by atoms with E-state index in [-0.39, 0.29) is 5.54 Å². The molecule has 1 rings (SSSR count). The van der Waals surface area contributed by atoms with Gasteiger partial charge in [-0.05, 0) is 44.5 Å². The second kappa shape index (κ2) is 6.72. The van der Waals surface area contributed by atoms with Crippen LogP contribution in [0.1, 0.15) is 32.3 Å². The third kappa shape index (κ3) is 5.80.